The number of esters is 1. The van der Waals surface area contributed by atoms with E-state index in [-0.39, 0.29) is 18.1 Å². The highest BCUT2D eigenvalue weighted by Crippen LogP contribution is 2.26. The number of nitrogens with zero attached hydrogens (tertiary/aromatic N) is 3. The zero-order chi connectivity index (χ0) is 16.3. The summed E-state index contributed by atoms with van der Waals surface area (Å²) in [4.78, 5) is 30.6. The number of ether oxygens (including phenoxy) is 1. The third-order valence-electron chi connectivity index (χ3n) is 3.74. The first-order valence-corrected chi connectivity index (χ1v) is 8.30. The molecule has 0 aromatic carbocycles. The summed E-state index contributed by atoms with van der Waals surface area (Å²) in [5.74, 6) is 0.919. The summed E-state index contributed by atoms with van der Waals surface area (Å²) in [6.07, 6.45) is 3.88. The van der Waals surface area contributed by atoms with Crippen molar-refractivity contribution >= 4 is 38.0 Å². The lowest BCUT2D eigenvalue weighted by Gasteiger charge is -2.22. The lowest BCUT2D eigenvalue weighted by molar-refractivity contribution is -0.138. The minimum absolute atomic E-state index is 0.0450. The van der Waals surface area contributed by atoms with Crippen LogP contribution in [0, 0.1) is 0 Å². The van der Waals surface area contributed by atoms with Gasteiger partial charge in [0, 0.05) is 23.6 Å². The fraction of sp³-hybridized carbons (Fsp3) is 0.533. The van der Waals surface area contributed by atoms with E-state index in [1.165, 1.54) is 7.11 Å². The minimum Gasteiger partial charge on any atom is -0.468 e. The van der Waals surface area contributed by atoms with Crippen LogP contribution in [0.2, 0.25) is 0 Å². The number of halogens is 1. The molecule has 1 aromatic heterocycles. The Morgan fingerprint density at radius 2 is 2.18 bits per heavy atom. The summed E-state index contributed by atoms with van der Waals surface area (Å²) in [7, 11) is 3.07. The molecule has 22 heavy (non-hydrogen) atoms. The maximum Gasteiger partial charge on any atom is 0.325 e. The van der Waals surface area contributed by atoms with Crippen molar-refractivity contribution in [3.63, 3.8) is 0 Å². The van der Waals surface area contributed by atoms with Gasteiger partial charge in [-0.25, -0.2) is 4.98 Å². The molecule has 0 spiro atoms. The Bertz CT molecular complexity index is 654. The number of fused-ring (bicyclic) bond motifs is 1. The molecule has 7 heteroatoms. The molecule has 0 bridgehead atoms. The normalized spacial score (nSPS) is 14.0. The Kier molecular flexibility index (Phi) is 5.60. The summed E-state index contributed by atoms with van der Waals surface area (Å²) >= 11 is 2.03. The predicted molar refractivity (Wildman–Crippen MR) is 94.4 cm³/mol. The van der Waals surface area contributed by atoms with Crippen molar-refractivity contribution in [2.45, 2.75) is 32.2 Å². The molecule has 0 amide bonds. The van der Waals surface area contributed by atoms with E-state index >= 15 is 0 Å². The number of anilines is 1. The third kappa shape index (κ3) is 3.50. The Morgan fingerprint density at radius 1 is 1.45 bits per heavy atom. The molecule has 0 aliphatic carbocycles. The van der Waals surface area contributed by atoms with Gasteiger partial charge in [-0.15, -0.1) is 0 Å². The number of hydrogen-bond acceptors (Lipinski definition) is 5. The standard InChI is InChI=1S/C15H20IN3O3/c1-10(16)13-14(18(2)9-12(20)22-3)17-11-7-5-4-6-8-19(11)15(13)21/h1,4-9H2,2-3H3. The third-order valence-corrected chi connectivity index (χ3v) is 4.28. The SMILES string of the molecule is C=C(I)c1c(N(C)CC(=O)OC)nc2n(c1=O)CCCCC2. The number of hydrogen-bond donors (Lipinski definition) is 0. The molecular weight excluding hydrogens is 397 g/mol. The molecule has 0 unspecified atom stereocenters. The fourth-order valence-corrected chi connectivity index (χ4v) is 3.06. The maximum absolute atomic E-state index is 12.8. The van der Waals surface area contributed by atoms with E-state index in [1.807, 2.05) is 22.6 Å². The van der Waals surface area contributed by atoms with Gasteiger partial charge in [-0.1, -0.05) is 13.0 Å². The van der Waals surface area contributed by atoms with Gasteiger partial charge < -0.3 is 9.64 Å². The number of likely N-dealkylation sites (N-methyl/N-ethyl adjacent to an activating group) is 1. The fourth-order valence-electron chi connectivity index (χ4n) is 2.58. The molecule has 1 aromatic rings. The van der Waals surface area contributed by atoms with Crippen molar-refractivity contribution in [2.75, 3.05) is 25.6 Å². The molecule has 6 nitrogen and oxygen atoms in total. The van der Waals surface area contributed by atoms with Crippen LogP contribution in [0.15, 0.2) is 11.4 Å². The van der Waals surface area contributed by atoms with Gasteiger partial charge in [0.1, 0.15) is 18.2 Å². The molecule has 120 valence electrons. The maximum atomic E-state index is 12.8. The number of rotatable bonds is 4. The number of methoxy groups -OCH3 is 1. The molecule has 0 saturated carbocycles. The molecule has 0 N–H and O–H groups in total. The second-order valence-electron chi connectivity index (χ2n) is 5.33. The van der Waals surface area contributed by atoms with Crippen LogP contribution in [-0.4, -0.2) is 36.2 Å². The van der Waals surface area contributed by atoms with Crippen LogP contribution >= 0.6 is 22.6 Å². The van der Waals surface area contributed by atoms with Gasteiger partial charge >= 0.3 is 5.97 Å². The highest BCUT2D eigenvalue weighted by molar-refractivity contribution is 14.1. The highest BCUT2D eigenvalue weighted by Gasteiger charge is 2.22. The number of carbonyl (C=O) groups is 1. The van der Waals surface area contributed by atoms with Crippen molar-refractivity contribution in [2.24, 2.45) is 0 Å². The molecular formula is C15H20IN3O3. The Balaban J connectivity index is 2.54. The van der Waals surface area contributed by atoms with Crippen molar-refractivity contribution in [1.29, 1.82) is 0 Å². The average molecular weight is 417 g/mol. The van der Waals surface area contributed by atoms with E-state index in [0.29, 0.717) is 21.5 Å². The summed E-state index contributed by atoms with van der Waals surface area (Å²) in [6.45, 7) is 4.63. The first-order valence-electron chi connectivity index (χ1n) is 7.22. The van der Waals surface area contributed by atoms with Crippen molar-refractivity contribution < 1.29 is 9.53 Å². The van der Waals surface area contributed by atoms with E-state index in [1.54, 1.807) is 16.5 Å². The van der Waals surface area contributed by atoms with Crippen LogP contribution in [0.25, 0.3) is 3.58 Å². The Hall–Kier alpha value is -1.38. The van der Waals surface area contributed by atoms with Crippen molar-refractivity contribution in [3.8, 4) is 0 Å². The number of carbonyl (C=O) groups excluding carboxylic acids is 1. The van der Waals surface area contributed by atoms with E-state index in [0.717, 1.165) is 31.5 Å². The van der Waals surface area contributed by atoms with Gasteiger partial charge in [-0.2, -0.15) is 0 Å². The van der Waals surface area contributed by atoms with Crippen LogP contribution < -0.4 is 10.5 Å². The van der Waals surface area contributed by atoms with Gasteiger partial charge in [-0.3, -0.25) is 14.2 Å². The molecule has 1 aliphatic rings. The largest absolute Gasteiger partial charge is 0.468 e. The van der Waals surface area contributed by atoms with E-state index in [2.05, 4.69) is 16.3 Å². The average Bonchev–Trinajstić information content (AvgIpc) is 2.71. The van der Waals surface area contributed by atoms with Crippen LogP contribution in [0.3, 0.4) is 0 Å². The zero-order valence-electron chi connectivity index (χ0n) is 12.9. The van der Waals surface area contributed by atoms with Gasteiger partial charge in [0.05, 0.1) is 12.7 Å². The van der Waals surface area contributed by atoms with E-state index in [4.69, 9.17) is 0 Å². The molecule has 2 heterocycles. The van der Waals surface area contributed by atoms with Gasteiger partial charge in [0.15, 0.2) is 0 Å². The smallest absolute Gasteiger partial charge is 0.325 e. The quantitative estimate of drug-likeness (QED) is 0.554. The van der Waals surface area contributed by atoms with E-state index in [9.17, 15) is 9.59 Å². The summed E-state index contributed by atoms with van der Waals surface area (Å²) < 4.78 is 7.07. The minimum atomic E-state index is -0.371. The van der Waals surface area contributed by atoms with E-state index < -0.39 is 0 Å². The van der Waals surface area contributed by atoms with Gasteiger partial charge in [0.25, 0.3) is 5.56 Å². The summed E-state index contributed by atoms with van der Waals surface area (Å²) in [5.41, 5.74) is 0.399. The Labute approximate surface area is 143 Å². The highest BCUT2D eigenvalue weighted by atomic mass is 127. The van der Waals surface area contributed by atoms with Gasteiger partial charge in [-0.05, 0) is 35.4 Å². The molecule has 0 atom stereocenters. The number of aryl methyl sites for hydroxylation is 1. The number of aromatic nitrogens is 2. The van der Waals surface area contributed by atoms with Crippen LogP contribution in [0.4, 0.5) is 5.82 Å². The summed E-state index contributed by atoms with van der Waals surface area (Å²) in [6, 6.07) is 0. The second-order valence-corrected chi connectivity index (χ2v) is 6.63. The first-order chi connectivity index (χ1) is 10.5. The lowest BCUT2D eigenvalue weighted by atomic mass is 10.2. The first kappa shape index (κ1) is 17.0. The second kappa shape index (κ2) is 7.26. The summed E-state index contributed by atoms with van der Waals surface area (Å²) in [5, 5.41) is 0. The zero-order valence-corrected chi connectivity index (χ0v) is 15.1. The van der Waals surface area contributed by atoms with Crippen LogP contribution in [0.1, 0.15) is 30.7 Å². The Morgan fingerprint density at radius 3 is 2.82 bits per heavy atom. The predicted octanol–water partition coefficient (Wildman–Crippen LogP) is 1.98. The topological polar surface area (TPSA) is 64.4 Å². The van der Waals surface area contributed by atoms with Crippen LogP contribution in [0.5, 0.6) is 0 Å². The molecule has 0 radical (unpaired) electrons. The molecule has 1 aliphatic heterocycles. The monoisotopic (exact) mass is 417 g/mol. The molecule has 0 fully saturated rings. The molecule has 2 rings (SSSR count). The van der Waals surface area contributed by atoms with Crippen molar-refractivity contribution in [3.05, 3.63) is 28.3 Å². The lowest BCUT2D eigenvalue weighted by Crippen LogP contribution is -2.34. The van der Waals surface area contributed by atoms with Crippen LogP contribution in [-0.2, 0) is 22.5 Å². The van der Waals surface area contributed by atoms with Crippen molar-refractivity contribution in [1.82, 2.24) is 9.55 Å². The van der Waals surface area contributed by atoms with Gasteiger partial charge in [0.2, 0.25) is 0 Å². The molecule has 0 saturated heterocycles.